The Labute approximate surface area is 102 Å². The molecule has 90 valence electrons. The SMILES string of the molecule is Cc1cnn(C(C)C)c1-c1ccccc1CN. The lowest BCUT2D eigenvalue weighted by Gasteiger charge is -2.14. The molecule has 0 aliphatic rings. The van der Waals surface area contributed by atoms with Crippen molar-refractivity contribution >= 4 is 0 Å². The van der Waals surface area contributed by atoms with E-state index in [0.717, 1.165) is 5.56 Å². The quantitative estimate of drug-likeness (QED) is 0.879. The van der Waals surface area contributed by atoms with E-state index in [1.807, 2.05) is 18.3 Å². The molecule has 0 fully saturated rings. The molecule has 0 spiro atoms. The molecule has 0 amide bonds. The van der Waals surface area contributed by atoms with Gasteiger partial charge in [-0.1, -0.05) is 24.3 Å². The van der Waals surface area contributed by atoms with Crippen LogP contribution in [0.25, 0.3) is 11.3 Å². The molecule has 0 radical (unpaired) electrons. The Hall–Kier alpha value is -1.61. The average molecular weight is 229 g/mol. The number of aromatic nitrogens is 2. The highest BCUT2D eigenvalue weighted by molar-refractivity contribution is 5.67. The van der Waals surface area contributed by atoms with Crippen LogP contribution in [0.1, 0.15) is 31.0 Å². The molecular weight excluding hydrogens is 210 g/mol. The number of rotatable bonds is 3. The lowest BCUT2D eigenvalue weighted by Crippen LogP contribution is -2.07. The zero-order chi connectivity index (χ0) is 12.4. The van der Waals surface area contributed by atoms with Crippen LogP contribution in [-0.2, 0) is 6.54 Å². The van der Waals surface area contributed by atoms with Gasteiger partial charge in [-0.25, -0.2) is 0 Å². The van der Waals surface area contributed by atoms with Gasteiger partial charge in [0.15, 0.2) is 0 Å². The molecule has 17 heavy (non-hydrogen) atoms. The fourth-order valence-electron chi connectivity index (χ4n) is 2.11. The molecule has 0 aliphatic heterocycles. The van der Waals surface area contributed by atoms with Gasteiger partial charge in [0.25, 0.3) is 0 Å². The van der Waals surface area contributed by atoms with Crippen molar-refractivity contribution in [1.29, 1.82) is 0 Å². The van der Waals surface area contributed by atoms with Gasteiger partial charge in [0.05, 0.1) is 11.9 Å². The summed E-state index contributed by atoms with van der Waals surface area (Å²) in [5, 5.41) is 4.44. The van der Waals surface area contributed by atoms with Crippen LogP contribution in [0, 0.1) is 6.92 Å². The molecule has 0 bridgehead atoms. The average Bonchev–Trinajstić information content (AvgIpc) is 2.71. The molecule has 0 saturated carbocycles. The summed E-state index contributed by atoms with van der Waals surface area (Å²) in [5.74, 6) is 0. The highest BCUT2D eigenvalue weighted by Gasteiger charge is 2.14. The third-order valence-electron chi connectivity index (χ3n) is 2.96. The minimum Gasteiger partial charge on any atom is -0.326 e. The monoisotopic (exact) mass is 229 g/mol. The van der Waals surface area contributed by atoms with Gasteiger partial charge < -0.3 is 5.73 Å². The first kappa shape index (κ1) is 11.9. The van der Waals surface area contributed by atoms with E-state index in [9.17, 15) is 0 Å². The van der Waals surface area contributed by atoms with E-state index in [1.54, 1.807) is 0 Å². The van der Waals surface area contributed by atoms with Crippen molar-refractivity contribution in [2.45, 2.75) is 33.4 Å². The second-order valence-electron chi connectivity index (χ2n) is 4.58. The third-order valence-corrected chi connectivity index (χ3v) is 2.96. The first-order valence-electron chi connectivity index (χ1n) is 5.97. The predicted octanol–water partition coefficient (Wildman–Crippen LogP) is 2.90. The van der Waals surface area contributed by atoms with Crippen LogP contribution in [0.2, 0.25) is 0 Å². The van der Waals surface area contributed by atoms with Gasteiger partial charge in [0, 0.05) is 18.2 Å². The van der Waals surface area contributed by atoms with Gasteiger partial charge in [-0.2, -0.15) is 5.10 Å². The normalized spacial score (nSPS) is 11.1. The molecule has 2 N–H and O–H groups in total. The number of hydrogen-bond donors (Lipinski definition) is 1. The maximum Gasteiger partial charge on any atom is 0.0717 e. The number of nitrogens with zero attached hydrogens (tertiary/aromatic N) is 2. The number of nitrogens with two attached hydrogens (primary N) is 1. The standard InChI is InChI=1S/C14H19N3/c1-10(2)17-14(11(3)9-16-17)13-7-5-4-6-12(13)8-15/h4-7,9-10H,8,15H2,1-3H3. The molecule has 0 aliphatic carbocycles. The Morgan fingerprint density at radius 3 is 2.65 bits per heavy atom. The van der Waals surface area contributed by atoms with Crippen molar-refractivity contribution in [1.82, 2.24) is 9.78 Å². The lowest BCUT2D eigenvalue weighted by molar-refractivity contribution is 0.538. The summed E-state index contributed by atoms with van der Waals surface area (Å²) in [5.41, 5.74) is 10.5. The molecule has 1 heterocycles. The maximum absolute atomic E-state index is 5.80. The second-order valence-corrected chi connectivity index (χ2v) is 4.58. The number of benzene rings is 1. The Bertz CT molecular complexity index is 512. The van der Waals surface area contributed by atoms with E-state index in [0.29, 0.717) is 12.6 Å². The summed E-state index contributed by atoms with van der Waals surface area (Å²) >= 11 is 0. The molecule has 1 aromatic heterocycles. The smallest absolute Gasteiger partial charge is 0.0717 e. The fourth-order valence-corrected chi connectivity index (χ4v) is 2.11. The Balaban J connectivity index is 2.63. The fraction of sp³-hybridized carbons (Fsp3) is 0.357. The van der Waals surface area contributed by atoms with Crippen LogP contribution in [0.4, 0.5) is 0 Å². The van der Waals surface area contributed by atoms with E-state index in [4.69, 9.17) is 5.73 Å². The molecule has 0 saturated heterocycles. The molecular formula is C14H19N3. The van der Waals surface area contributed by atoms with Crippen molar-refractivity contribution in [2.24, 2.45) is 5.73 Å². The zero-order valence-corrected chi connectivity index (χ0v) is 10.6. The molecule has 1 aromatic carbocycles. The van der Waals surface area contributed by atoms with Crippen LogP contribution in [0.15, 0.2) is 30.5 Å². The van der Waals surface area contributed by atoms with Crippen molar-refractivity contribution in [3.63, 3.8) is 0 Å². The van der Waals surface area contributed by atoms with Gasteiger partial charge in [-0.05, 0) is 31.9 Å². The van der Waals surface area contributed by atoms with E-state index in [1.165, 1.54) is 16.8 Å². The largest absolute Gasteiger partial charge is 0.326 e. The second kappa shape index (κ2) is 4.72. The number of hydrogen-bond acceptors (Lipinski definition) is 2. The molecule has 3 nitrogen and oxygen atoms in total. The van der Waals surface area contributed by atoms with Crippen molar-refractivity contribution in [2.75, 3.05) is 0 Å². The first-order chi connectivity index (χ1) is 8.15. The van der Waals surface area contributed by atoms with E-state index in [2.05, 4.69) is 42.7 Å². The Morgan fingerprint density at radius 2 is 2.00 bits per heavy atom. The van der Waals surface area contributed by atoms with Crippen LogP contribution >= 0.6 is 0 Å². The van der Waals surface area contributed by atoms with Crippen LogP contribution in [0.3, 0.4) is 0 Å². The van der Waals surface area contributed by atoms with E-state index < -0.39 is 0 Å². The van der Waals surface area contributed by atoms with Gasteiger partial charge >= 0.3 is 0 Å². The van der Waals surface area contributed by atoms with Gasteiger partial charge in [-0.3, -0.25) is 4.68 Å². The predicted molar refractivity (Wildman–Crippen MR) is 70.7 cm³/mol. The van der Waals surface area contributed by atoms with Gasteiger partial charge in [-0.15, -0.1) is 0 Å². The highest BCUT2D eigenvalue weighted by Crippen LogP contribution is 2.28. The van der Waals surface area contributed by atoms with E-state index >= 15 is 0 Å². The van der Waals surface area contributed by atoms with Crippen LogP contribution in [0.5, 0.6) is 0 Å². The van der Waals surface area contributed by atoms with Gasteiger partial charge in [0.2, 0.25) is 0 Å². The summed E-state index contributed by atoms with van der Waals surface area (Å²) in [6.07, 6.45) is 1.92. The zero-order valence-electron chi connectivity index (χ0n) is 10.6. The third kappa shape index (κ3) is 2.11. The summed E-state index contributed by atoms with van der Waals surface area (Å²) < 4.78 is 2.06. The topological polar surface area (TPSA) is 43.8 Å². The molecule has 0 atom stereocenters. The minimum atomic E-state index is 0.351. The molecule has 0 unspecified atom stereocenters. The molecule has 2 aromatic rings. The number of aryl methyl sites for hydroxylation is 1. The summed E-state index contributed by atoms with van der Waals surface area (Å²) in [7, 11) is 0. The summed E-state index contributed by atoms with van der Waals surface area (Å²) in [6.45, 7) is 6.93. The molecule has 3 heteroatoms. The summed E-state index contributed by atoms with van der Waals surface area (Å²) in [6, 6.07) is 8.62. The van der Waals surface area contributed by atoms with Crippen molar-refractivity contribution < 1.29 is 0 Å². The first-order valence-corrected chi connectivity index (χ1v) is 5.97. The minimum absolute atomic E-state index is 0.351. The van der Waals surface area contributed by atoms with Crippen LogP contribution in [-0.4, -0.2) is 9.78 Å². The highest BCUT2D eigenvalue weighted by atomic mass is 15.3. The van der Waals surface area contributed by atoms with Gasteiger partial charge in [0.1, 0.15) is 0 Å². The van der Waals surface area contributed by atoms with Crippen molar-refractivity contribution in [3.05, 3.63) is 41.6 Å². The van der Waals surface area contributed by atoms with E-state index in [-0.39, 0.29) is 0 Å². The Morgan fingerprint density at radius 1 is 1.29 bits per heavy atom. The molecule has 2 rings (SSSR count). The maximum atomic E-state index is 5.80. The lowest BCUT2D eigenvalue weighted by atomic mass is 10.0. The van der Waals surface area contributed by atoms with Crippen molar-refractivity contribution in [3.8, 4) is 11.3 Å². The van der Waals surface area contributed by atoms with Crippen LogP contribution < -0.4 is 5.73 Å². The summed E-state index contributed by atoms with van der Waals surface area (Å²) in [4.78, 5) is 0. The Kier molecular flexibility index (Phi) is 3.29.